The smallest absolute Gasteiger partial charge is 0.316 e. The van der Waals surface area contributed by atoms with Crippen molar-refractivity contribution < 1.29 is 9.59 Å². The Bertz CT molecular complexity index is 798. The SMILES string of the molecule is C=C(C)CCc1cccc(C2(c3ccccc3)NC(=O)NC2=O)c1. The first-order chi connectivity index (χ1) is 11.5. The molecule has 0 aliphatic carbocycles. The van der Waals surface area contributed by atoms with E-state index in [0.29, 0.717) is 0 Å². The summed E-state index contributed by atoms with van der Waals surface area (Å²) in [4.78, 5) is 24.5. The molecule has 0 radical (unpaired) electrons. The van der Waals surface area contributed by atoms with E-state index in [1.54, 1.807) is 0 Å². The van der Waals surface area contributed by atoms with Crippen molar-refractivity contribution in [1.82, 2.24) is 10.6 Å². The lowest BCUT2D eigenvalue weighted by Crippen LogP contribution is -2.44. The van der Waals surface area contributed by atoms with Crippen LogP contribution in [0.2, 0.25) is 0 Å². The van der Waals surface area contributed by atoms with Crippen LogP contribution in [0.4, 0.5) is 4.79 Å². The van der Waals surface area contributed by atoms with E-state index in [9.17, 15) is 9.59 Å². The van der Waals surface area contributed by atoms with Crippen LogP contribution in [0.15, 0.2) is 66.7 Å². The van der Waals surface area contributed by atoms with E-state index in [0.717, 1.165) is 35.1 Å². The van der Waals surface area contributed by atoms with Crippen LogP contribution in [-0.2, 0) is 16.8 Å². The van der Waals surface area contributed by atoms with E-state index in [-0.39, 0.29) is 5.91 Å². The van der Waals surface area contributed by atoms with Gasteiger partial charge < -0.3 is 5.32 Å². The van der Waals surface area contributed by atoms with Gasteiger partial charge in [-0.3, -0.25) is 10.1 Å². The molecule has 1 heterocycles. The minimum absolute atomic E-state index is 0.351. The molecule has 1 unspecified atom stereocenters. The van der Waals surface area contributed by atoms with Gasteiger partial charge in [0.1, 0.15) is 0 Å². The van der Waals surface area contributed by atoms with Crippen molar-refractivity contribution >= 4 is 11.9 Å². The number of carbonyl (C=O) groups is 2. The number of rotatable bonds is 5. The van der Waals surface area contributed by atoms with Gasteiger partial charge in [0.05, 0.1) is 0 Å². The number of hydrogen-bond acceptors (Lipinski definition) is 2. The van der Waals surface area contributed by atoms with Gasteiger partial charge in [-0.15, -0.1) is 6.58 Å². The van der Waals surface area contributed by atoms with Gasteiger partial charge in [-0.1, -0.05) is 60.2 Å². The lowest BCUT2D eigenvalue weighted by molar-refractivity contribution is -0.122. The molecule has 2 aromatic rings. The molecule has 1 aliphatic heterocycles. The molecule has 2 N–H and O–H groups in total. The number of allylic oxidation sites excluding steroid dienone is 1. The number of nitrogens with one attached hydrogen (secondary N) is 2. The quantitative estimate of drug-likeness (QED) is 0.656. The fourth-order valence-corrected chi connectivity index (χ4v) is 3.03. The lowest BCUT2D eigenvalue weighted by atomic mass is 9.82. The highest BCUT2D eigenvalue weighted by Crippen LogP contribution is 2.33. The number of hydrogen-bond donors (Lipinski definition) is 2. The van der Waals surface area contributed by atoms with Crippen molar-refractivity contribution in [1.29, 1.82) is 0 Å². The van der Waals surface area contributed by atoms with E-state index in [1.807, 2.05) is 61.5 Å². The van der Waals surface area contributed by atoms with E-state index in [4.69, 9.17) is 0 Å². The lowest BCUT2D eigenvalue weighted by Gasteiger charge is -2.27. The first-order valence-corrected chi connectivity index (χ1v) is 7.95. The highest BCUT2D eigenvalue weighted by Gasteiger charge is 2.49. The number of benzene rings is 2. The number of amides is 3. The molecule has 1 atom stereocenters. The molecule has 4 heteroatoms. The number of imide groups is 1. The average Bonchev–Trinajstić information content (AvgIpc) is 2.89. The van der Waals surface area contributed by atoms with Crippen molar-refractivity contribution in [2.75, 3.05) is 0 Å². The first-order valence-electron chi connectivity index (χ1n) is 7.95. The van der Waals surface area contributed by atoms with Gasteiger partial charge >= 0.3 is 6.03 Å². The Labute approximate surface area is 141 Å². The first kappa shape index (κ1) is 16.0. The molecule has 0 saturated carbocycles. The van der Waals surface area contributed by atoms with Gasteiger partial charge in [-0.2, -0.15) is 0 Å². The third-order valence-electron chi connectivity index (χ3n) is 4.28. The van der Waals surface area contributed by atoms with E-state index in [2.05, 4.69) is 17.2 Å². The zero-order valence-corrected chi connectivity index (χ0v) is 13.6. The molecule has 0 aromatic heterocycles. The maximum atomic E-state index is 12.7. The van der Waals surface area contributed by atoms with Crippen molar-refractivity contribution in [3.05, 3.63) is 83.4 Å². The average molecular weight is 320 g/mol. The molecule has 1 fully saturated rings. The Morgan fingerprint density at radius 1 is 1.04 bits per heavy atom. The van der Waals surface area contributed by atoms with Gasteiger partial charge in [0.2, 0.25) is 0 Å². The predicted octanol–water partition coefficient (Wildman–Crippen LogP) is 3.28. The molecular formula is C20H20N2O2. The van der Waals surface area contributed by atoms with Crippen LogP contribution in [0.1, 0.15) is 30.0 Å². The third-order valence-corrected chi connectivity index (χ3v) is 4.28. The summed E-state index contributed by atoms with van der Waals surface area (Å²) in [6.07, 6.45) is 1.74. The van der Waals surface area contributed by atoms with Gasteiger partial charge in [0, 0.05) is 0 Å². The second kappa shape index (κ2) is 6.32. The Morgan fingerprint density at radius 2 is 1.75 bits per heavy atom. The third kappa shape index (κ3) is 2.83. The van der Waals surface area contributed by atoms with Gasteiger partial charge in [-0.05, 0) is 36.5 Å². The summed E-state index contributed by atoms with van der Waals surface area (Å²) in [5, 5.41) is 5.20. The van der Waals surface area contributed by atoms with Crippen LogP contribution >= 0.6 is 0 Å². The second-order valence-electron chi connectivity index (χ2n) is 6.18. The van der Waals surface area contributed by atoms with Crippen LogP contribution in [-0.4, -0.2) is 11.9 Å². The van der Waals surface area contributed by atoms with Crippen LogP contribution < -0.4 is 10.6 Å². The Hall–Kier alpha value is -2.88. The highest BCUT2D eigenvalue weighted by molar-refractivity contribution is 6.09. The summed E-state index contributed by atoms with van der Waals surface area (Å²) in [6.45, 7) is 5.93. The summed E-state index contributed by atoms with van der Waals surface area (Å²) in [6, 6.07) is 16.7. The summed E-state index contributed by atoms with van der Waals surface area (Å²) < 4.78 is 0. The zero-order chi connectivity index (χ0) is 17.2. The molecule has 0 spiro atoms. The molecular weight excluding hydrogens is 300 g/mol. The Morgan fingerprint density at radius 3 is 2.38 bits per heavy atom. The maximum Gasteiger partial charge on any atom is 0.322 e. The molecule has 0 bridgehead atoms. The largest absolute Gasteiger partial charge is 0.322 e. The molecule has 4 nitrogen and oxygen atoms in total. The topological polar surface area (TPSA) is 58.2 Å². The Balaban J connectivity index is 2.08. The van der Waals surface area contributed by atoms with E-state index >= 15 is 0 Å². The molecule has 3 amide bonds. The molecule has 1 aliphatic rings. The summed E-state index contributed by atoms with van der Waals surface area (Å²) in [5.41, 5.74) is 2.55. The number of aryl methyl sites for hydroxylation is 1. The molecule has 3 rings (SSSR count). The van der Waals surface area contributed by atoms with E-state index < -0.39 is 11.6 Å². The van der Waals surface area contributed by atoms with Crippen molar-refractivity contribution in [3.8, 4) is 0 Å². The highest BCUT2D eigenvalue weighted by atomic mass is 16.2. The van der Waals surface area contributed by atoms with Crippen LogP contribution in [0.3, 0.4) is 0 Å². The van der Waals surface area contributed by atoms with Gasteiger partial charge in [0.15, 0.2) is 5.54 Å². The fraction of sp³-hybridized carbons (Fsp3) is 0.200. The summed E-state index contributed by atoms with van der Waals surface area (Å²) in [7, 11) is 0. The maximum absolute atomic E-state index is 12.7. The van der Waals surface area contributed by atoms with Crippen molar-refractivity contribution in [2.45, 2.75) is 25.3 Å². The normalized spacial score (nSPS) is 19.7. The van der Waals surface area contributed by atoms with Gasteiger partial charge in [-0.25, -0.2) is 4.79 Å². The fourth-order valence-electron chi connectivity index (χ4n) is 3.03. The molecule has 1 saturated heterocycles. The summed E-state index contributed by atoms with van der Waals surface area (Å²) in [5.74, 6) is -0.351. The Kier molecular flexibility index (Phi) is 4.21. The van der Waals surface area contributed by atoms with Crippen LogP contribution in [0.25, 0.3) is 0 Å². The molecule has 122 valence electrons. The number of urea groups is 1. The summed E-state index contributed by atoms with van der Waals surface area (Å²) >= 11 is 0. The minimum atomic E-state index is -1.18. The molecule has 2 aromatic carbocycles. The van der Waals surface area contributed by atoms with Crippen molar-refractivity contribution in [2.24, 2.45) is 0 Å². The zero-order valence-electron chi connectivity index (χ0n) is 13.6. The second-order valence-corrected chi connectivity index (χ2v) is 6.18. The molecule has 24 heavy (non-hydrogen) atoms. The number of carbonyl (C=O) groups excluding carboxylic acids is 2. The van der Waals surface area contributed by atoms with Crippen LogP contribution in [0.5, 0.6) is 0 Å². The van der Waals surface area contributed by atoms with Crippen molar-refractivity contribution in [3.63, 3.8) is 0 Å². The minimum Gasteiger partial charge on any atom is -0.316 e. The predicted molar refractivity (Wildman–Crippen MR) is 93.5 cm³/mol. The van der Waals surface area contributed by atoms with Crippen LogP contribution in [0, 0.1) is 0 Å². The monoisotopic (exact) mass is 320 g/mol. The van der Waals surface area contributed by atoms with Gasteiger partial charge in [0.25, 0.3) is 5.91 Å². The standard InChI is InChI=1S/C20H20N2O2/c1-14(2)11-12-15-7-6-10-17(13-15)20(16-8-4-3-5-9-16)18(23)21-19(24)22-20/h3-10,13H,1,11-12H2,2H3,(H2,21,22,23,24). The van der Waals surface area contributed by atoms with E-state index in [1.165, 1.54) is 0 Å².